The molecule has 0 saturated heterocycles. The number of nitriles is 1. The normalized spacial score (nSPS) is 17.5. The first kappa shape index (κ1) is 27.9. The summed E-state index contributed by atoms with van der Waals surface area (Å²) in [7, 11) is 2.96. The number of aliphatic hydroxyl groups is 1. The molecule has 0 spiro atoms. The second kappa shape index (κ2) is 13.0. The lowest BCUT2D eigenvalue weighted by Gasteiger charge is -2.31. The van der Waals surface area contributed by atoms with Crippen molar-refractivity contribution in [1.29, 1.82) is 5.26 Å². The maximum Gasteiger partial charge on any atom is 0.228 e. The van der Waals surface area contributed by atoms with Crippen LogP contribution in [0.4, 0.5) is 0 Å². The highest BCUT2D eigenvalue weighted by molar-refractivity contribution is 6.24. The van der Waals surface area contributed by atoms with E-state index in [1.165, 1.54) is 46.3 Å². The van der Waals surface area contributed by atoms with Crippen LogP contribution in [-0.2, 0) is 14.3 Å². The number of unbranched alkanes of at least 4 members (excludes halogenated alkanes) is 8. The van der Waals surface area contributed by atoms with Gasteiger partial charge in [0.2, 0.25) is 17.4 Å². The average molecular weight is 509 g/mol. The Balaban J connectivity index is 1.80. The summed E-state index contributed by atoms with van der Waals surface area (Å²) in [6, 6.07) is 6.90. The molecule has 2 aliphatic rings. The molecule has 0 fully saturated rings. The number of Topliss-reactive ketones (excluding diaryl/α,β-unsaturated/α-hetero) is 2. The Morgan fingerprint density at radius 1 is 0.973 bits per heavy atom. The zero-order valence-corrected chi connectivity index (χ0v) is 21.9. The maximum atomic E-state index is 13.4. The third-order valence-electron chi connectivity index (χ3n) is 6.92. The zero-order chi connectivity index (χ0) is 26.9. The number of hydrogen-bond donors (Lipinski definition) is 2. The summed E-state index contributed by atoms with van der Waals surface area (Å²) in [5.41, 5.74) is 6.42. The molecule has 0 saturated carbocycles. The number of hydrogen-bond acceptors (Lipinski definition) is 8. The molecule has 1 aromatic carbocycles. The fraction of sp³-hybridized carbons (Fsp3) is 0.483. The number of methoxy groups -OCH3 is 2. The van der Waals surface area contributed by atoms with Crippen LogP contribution < -0.4 is 15.2 Å². The Hall–Kier alpha value is -3.73. The fourth-order valence-electron chi connectivity index (χ4n) is 4.88. The van der Waals surface area contributed by atoms with E-state index in [2.05, 4.69) is 6.92 Å². The van der Waals surface area contributed by atoms with Crippen molar-refractivity contribution in [3.63, 3.8) is 0 Å². The largest absolute Gasteiger partial charge is 0.504 e. The highest BCUT2D eigenvalue weighted by atomic mass is 16.5. The van der Waals surface area contributed by atoms with Crippen LogP contribution in [0.2, 0.25) is 0 Å². The predicted octanol–water partition coefficient (Wildman–Crippen LogP) is 5.65. The summed E-state index contributed by atoms with van der Waals surface area (Å²) in [6.07, 6.45) is 10.2. The van der Waals surface area contributed by atoms with Gasteiger partial charge in [-0.05, 0) is 30.5 Å². The van der Waals surface area contributed by atoms with Gasteiger partial charge in [-0.2, -0.15) is 5.26 Å². The van der Waals surface area contributed by atoms with Gasteiger partial charge in [0.05, 0.1) is 25.7 Å². The van der Waals surface area contributed by atoms with Gasteiger partial charge in [0.15, 0.2) is 23.0 Å². The van der Waals surface area contributed by atoms with Gasteiger partial charge in [-0.25, -0.2) is 0 Å². The topological polar surface area (TPSA) is 132 Å². The first-order valence-electron chi connectivity index (χ1n) is 12.9. The summed E-state index contributed by atoms with van der Waals surface area (Å²) in [5, 5.41) is 20.6. The van der Waals surface area contributed by atoms with Crippen molar-refractivity contribution in [2.24, 2.45) is 5.73 Å². The Bertz CT molecular complexity index is 1170. The lowest BCUT2D eigenvalue weighted by atomic mass is 9.76. The number of nitrogens with two attached hydrogens (primary N) is 1. The highest BCUT2D eigenvalue weighted by Gasteiger charge is 2.45. The van der Waals surface area contributed by atoms with Crippen molar-refractivity contribution in [2.45, 2.75) is 77.0 Å². The molecular formula is C29H36N2O6. The quantitative estimate of drug-likeness (QED) is 0.258. The minimum Gasteiger partial charge on any atom is -0.504 e. The molecule has 1 aromatic rings. The van der Waals surface area contributed by atoms with Crippen LogP contribution in [0.25, 0.3) is 0 Å². The molecule has 3 N–H and O–H groups in total. The first-order chi connectivity index (χ1) is 17.9. The van der Waals surface area contributed by atoms with Crippen LogP contribution in [0.5, 0.6) is 11.5 Å². The molecule has 1 atom stereocenters. The molecule has 8 heteroatoms. The SMILES string of the molecule is CCCCCCCCCCCC1=C(O)C(=O)C2=C(OC(N)=C(C#N)C2c2ccc(OC)c(OC)c2)C1=O. The molecule has 1 aliphatic heterocycles. The van der Waals surface area contributed by atoms with Crippen molar-refractivity contribution in [3.05, 3.63) is 57.9 Å². The minimum atomic E-state index is -0.999. The van der Waals surface area contributed by atoms with Crippen LogP contribution in [0.1, 0.15) is 82.6 Å². The number of ketones is 2. The number of ether oxygens (including phenoxy) is 3. The molecule has 1 unspecified atom stereocenters. The van der Waals surface area contributed by atoms with E-state index in [9.17, 15) is 20.0 Å². The molecule has 1 heterocycles. The molecule has 3 rings (SSSR count). The van der Waals surface area contributed by atoms with E-state index in [0.717, 1.165) is 19.3 Å². The smallest absolute Gasteiger partial charge is 0.228 e. The lowest BCUT2D eigenvalue weighted by molar-refractivity contribution is -0.120. The molecule has 8 nitrogen and oxygen atoms in total. The fourth-order valence-corrected chi connectivity index (χ4v) is 4.88. The number of benzene rings is 1. The van der Waals surface area contributed by atoms with Crippen LogP contribution in [0, 0.1) is 11.3 Å². The number of aliphatic hydroxyl groups excluding tert-OH is 1. The number of carbonyl (C=O) groups is 2. The summed E-state index contributed by atoms with van der Waals surface area (Å²) in [4.78, 5) is 26.7. The Morgan fingerprint density at radius 2 is 1.59 bits per heavy atom. The van der Waals surface area contributed by atoms with E-state index in [1.54, 1.807) is 18.2 Å². The number of carbonyl (C=O) groups excluding carboxylic acids is 2. The van der Waals surface area contributed by atoms with Gasteiger partial charge in [0.1, 0.15) is 11.6 Å². The summed E-state index contributed by atoms with van der Waals surface area (Å²) in [6.45, 7) is 2.20. The van der Waals surface area contributed by atoms with Crippen molar-refractivity contribution < 1.29 is 28.9 Å². The second-order valence-electron chi connectivity index (χ2n) is 9.35. The van der Waals surface area contributed by atoms with E-state index in [1.807, 2.05) is 6.07 Å². The van der Waals surface area contributed by atoms with Gasteiger partial charge in [-0.3, -0.25) is 9.59 Å². The maximum absolute atomic E-state index is 13.4. The molecule has 37 heavy (non-hydrogen) atoms. The van der Waals surface area contributed by atoms with Crippen molar-refractivity contribution >= 4 is 11.6 Å². The van der Waals surface area contributed by atoms with Gasteiger partial charge < -0.3 is 25.1 Å². The molecular weight excluding hydrogens is 472 g/mol. The van der Waals surface area contributed by atoms with Crippen LogP contribution in [-0.4, -0.2) is 30.9 Å². The zero-order valence-electron chi connectivity index (χ0n) is 21.9. The minimum absolute atomic E-state index is 0.0256. The average Bonchev–Trinajstić information content (AvgIpc) is 2.91. The Morgan fingerprint density at radius 3 is 2.19 bits per heavy atom. The van der Waals surface area contributed by atoms with Crippen LogP contribution >= 0.6 is 0 Å². The molecule has 0 amide bonds. The van der Waals surface area contributed by atoms with Crippen molar-refractivity contribution in [2.75, 3.05) is 14.2 Å². The summed E-state index contributed by atoms with van der Waals surface area (Å²) < 4.78 is 16.2. The Kier molecular flexibility index (Phi) is 9.78. The highest BCUT2D eigenvalue weighted by Crippen LogP contribution is 2.45. The first-order valence-corrected chi connectivity index (χ1v) is 12.9. The monoisotopic (exact) mass is 508 g/mol. The second-order valence-corrected chi connectivity index (χ2v) is 9.35. The lowest BCUT2D eigenvalue weighted by Crippen LogP contribution is -2.33. The van der Waals surface area contributed by atoms with E-state index in [0.29, 0.717) is 23.5 Å². The third kappa shape index (κ3) is 5.99. The predicted molar refractivity (Wildman–Crippen MR) is 139 cm³/mol. The van der Waals surface area contributed by atoms with Gasteiger partial charge in [0.25, 0.3) is 0 Å². The molecule has 198 valence electrons. The molecule has 0 bridgehead atoms. The summed E-state index contributed by atoms with van der Waals surface area (Å²) in [5.74, 6) is -2.53. The van der Waals surface area contributed by atoms with E-state index >= 15 is 0 Å². The Labute approximate surface area is 218 Å². The standard InChI is InChI=1S/C29H36N2O6/c1-4-5-6-7-8-9-10-11-12-13-19-25(32)27(34)24-23(18-14-15-21(35-2)22(16-18)36-3)20(17-30)29(31)37-28(24)26(19)33/h14-16,23,32H,4-13,31H2,1-3H3. The third-order valence-corrected chi connectivity index (χ3v) is 6.92. The molecule has 0 aromatic heterocycles. The van der Waals surface area contributed by atoms with E-state index in [4.69, 9.17) is 19.9 Å². The molecule has 0 radical (unpaired) electrons. The number of nitrogens with zero attached hydrogens (tertiary/aromatic N) is 1. The van der Waals surface area contributed by atoms with Gasteiger partial charge in [0, 0.05) is 5.57 Å². The van der Waals surface area contributed by atoms with Gasteiger partial charge >= 0.3 is 0 Å². The van der Waals surface area contributed by atoms with Gasteiger partial charge in [-0.15, -0.1) is 0 Å². The van der Waals surface area contributed by atoms with E-state index in [-0.39, 0.29) is 34.8 Å². The molecule has 1 aliphatic carbocycles. The number of rotatable bonds is 13. The summed E-state index contributed by atoms with van der Waals surface area (Å²) >= 11 is 0. The van der Waals surface area contributed by atoms with Crippen LogP contribution in [0.15, 0.2) is 52.3 Å². The van der Waals surface area contributed by atoms with Crippen molar-refractivity contribution in [1.82, 2.24) is 0 Å². The van der Waals surface area contributed by atoms with Crippen LogP contribution in [0.3, 0.4) is 0 Å². The van der Waals surface area contributed by atoms with Crippen molar-refractivity contribution in [3.8, 4) is 17.6 Å². The van der Waals surface area contributed by atoms with Gasteiger partial charge in [-0.1, -0.05) is 64.4 Å². The van der Waals surface area contributed by atoms with E-state index < -0.39 is 23.2 Å². The number of allylic oxidation sites excluding steroid dienone is 3.